The molecule has 0 unspecified atom stereocenters. The van der Waals surface area contributed by atoms with Gasteiger partial charge in [0, 0.05) is 13.1 Å². The van der Waals surface area contributed by atoms with Gasteiger partial charge in [-0.3, -0.25) is 19.3 Å². The number of nitrogens with one attached hydrogen (secondary N) is 1. The number of carbonyl (C=O) groups is 3. The molecule has 2 aromatic carbocycles. The zero-order valence-electron chi connectivity index (χ0n) is 13.6. The van der Waals surface area contributed by atoms with Crippen LogP contribution in [0.15, 0.2) is 48.5 Å². The minimum atomic E-state index is -0.913. The molecule has 6 nitrogen and oxygen atoms in total. The van der Waals surface area contributed by atoms with Gasteiger partial charge in [0.25, 0.3) is 11.8 Å². The molecule has 3 rings (SSSR count). The zero-order valence-corrected chi connectivity index (χ0v) is 13.6. The highest BCUT2D eigenvalue weighted by Gasteiger charge is 2.34. The summed E-state index contributed by atoms with van der Waals surface area (Å²) in [5.74, 6) is -1.44. The number of hydrogen-bond acceptors (Lipinski definition) is 4. The molecule has 0 aliphatic carbocycles. The molecule has 1 heterocycles. The van der Waals surface area contributed by atoms with Crippen LogP contribution < -0.4 is 5.32 Å². The third kappa shape index (κ3) is 3.59. The number of hydrogen-bond donors (Lipinski definition) is 2. The van der Waals surface area contributed by atoms with Crippen molar-refractivity contribution >= 4 is 17.8 Å². The van der Waals surface area contributed by atoms with Crippen molar-refractivity contribution in [3.05, 3.63) is 70.8 Å². The average Bonchev–Trinajstić information content (AvgIpc) is 2.85. The highest BCUT2D eigenvalue weighted by molar-refractivity contribution is 6.21. The summed E-state index contributed by atoms with van der Waals surface area (Å²) in [6.45, 7) is 0.597. The predicted molar refractivity (Wildman–Crippen MR) is 91.3 cm³/mol. The van der Waals surface area contributed by atoms with Crippen LogP contribution in [-0.4, -0.2) is 40.9 Å². The van der Waals surface area contributed by atoms with Crippen LogP contribution >= 0.6 is 0 Å². The first-order valence-electron chi connectivity index (χ1n) is 8.02. The fourth-order valence-electron chi connectivity index (χ4n) is 2.95. The smallest absolute Gasteiger partial charge is 0.317 e. The van der Waals surface area contributed by atoms with Gasteiger partial charge in [-0.25, -0.2) is 0 Å². The third-order valence-corrected chi connectivity index (χ3v) is 4.19. The van der Waals surface area contributed by atoms with E-state index in [2.05, 4.69) is 5.32 Å². The minimum absolute atomic E-state index is 0.118. The van der Waals surface area contributed by atoms with Crippen LogP contribution in [-0.2, 0) is 17.8 Å². The van der Waals surface area contributed by atoms with Crippen LogP contribution in [0.25, 0.3) is 0 Å². The molecule has 0 atom stereocenters. The lowest BCUT2D eigenvalue weighted by atomic mass is 10.0. The van der Waals surface area contributed by atoms with E-state index in [0.29, 0.717) is 30.6 Å². The van der Waals surface area contributed by atoms with Crippen LogP contribution in [0, 0.1) is 0 Å². The normalized spacial score (nSPS) is 13.2. The molecule has 1 aliphatic heterocycles. The van der Waals surface area contributed by atoms with E-state index in [4.69, 9.17) is 5.11 Å². The SMILES string of the molecule is O=C(O)CNCc1ccccc1CCN1C(=O)c2ccccc2C1=O. The second-order valence-electron chi connectivity index (χ2n) is 5.82. The van der Waals surface area contributed by atoms with Crippen molar-refractivity contribution in [2.75, 3.05) is 13.1 Å². The summed E-state index contributed by atoms with van der Waals surface area (Å²) in [7, 11) is 0. The van der Waals surface area contributed by atoms with E-state index < -0.39 is 5.97 Å². The Hall–Kier alpha value is -2.99. The predicted octanol–water partition coefficient (Wildman–Crippen LogP) is 1.70. The van der Waals surface area contributed by atoms with E-state index in [0.717, 1.165) is 11.1 Å². The summed E-state index contributed by atoms with van der Waals surface area (Å²) in [4.78, 5) is 36.7. The number of fused-ring (bicyclic) bond motifs is 1. The number of amides is 2. The van der Waals surface area contributed by atoms with E-state index in [-0.39, 0.29) is 18.4 Å². The number of benzene rings is 2. The Balaban J connectivity index is 1.68. The lowest BCUT2D eigenvalue weighted by Crippen LogP contribution is -2.32. The molecular weight excluding hydrogens is 320 g/mol. The summed E-state index contributed by atoms with van der Waals surface area (Å²) in [6, 6.07) is 14.4. The van der Waals surface area contributed by atoms with Crippen molar-refractivity contribution in [3.8, 4) is 0 Å². The summed E-state index contributed by atoms with van der Waals surface area (Å²) >= 11 is 0. The minimum Gasteiger partial charge on any atom is -0.480 e. The first-order chi connectivity index (χ1) is 12.1. The first-order valence-corrected chi connectivity index (χ1v) is 8.02. The molecule has 2 aromatic rings. The highest BCUT2D eigenvalue weighted by Crippen LogP contribution is 2.23. The van der Waals surface area contributed by atoms with Crippen LogP contribution in [0.2, 0.25) is 0 Å². The molecule has 1 aliphatic rings. The lowest BCUT2D eigenvalue weighted by molar-refractivity contribution is -0.136. The van der Waals surface area contributed by atoms with Crippen molar-refractivity contribution in [2.24, 2.45) is 0 Å². The Morgan fingerprint density at radius 1 is 0.920 bits per heavy atom. The molecule has 6 heteroatoms. The van der Waals surface area contributed by atoms with Gasteiger partial charge >= 0.3 is 5.97 Å². The second-order valence-corrected chi connectivity index (χ2v) is 5.82. The molecule has 0 fully saturated rings. The topological polar surface area (TPSA) is 86.7 Å². The van der Waals surface area contributed by atoms with Gasteiger partial charge in [0.05, 0.1) is 17.7 Å². The van der Waals surface area contributed by atoms with Gasteiger partial charge in [0.2, 0.25) is 0 Å². The molecule has 0 aromatic heterocycles. The Labute approximate surface area is 145 Å². The summed E-state index contributed by atoms with van der Waals surface area (Å²) in [6.07, 6.45) is 0.524. The molecule has 0 spiro atoms. The van der Waals surface area contributed by atoms with E-state index in [1.807, 2.05) is 24.3 Å². The van der Waals surface area contributed by atoms with E-state index in [9.17, 15) is 14.4 Å². The highest BCUT2D eigenvalue weighted by atomic mass is 16.4. The van der Waals surface area contributed by atoms with Crippen molar-refractivity contribution in [1.29, 1.82) is 0 Å². The molecule has 25 heavy (non-hydrogen) atoms. The fourth-order valence-corrected chi connectivity index (χ4v) is 2.95. The van der Waals surface area contributed by atoms with Crippen LogP contribution in [0.3, 0.4) is 0 Å². The fraction of sp³-hybridized carbons (Fsp3) is 0.211. The number of carboxylic acid groups (broad SMARTS) is 1. The molecule has 2 amide bonds. The molecule has 0 saturated heterocycles. The number of carboxylic acids is 1. The molecular formula is C19H18N2O4. The van der Waals surface area contributed by atoms with Gasteiger partial charge in [-0.1, -0.05) is 36.4 Å². The lowest BCUT2D eigenvalue weighted by Gasteiger charge is -2.15. The Kier molecular flexibility index (Phi) is 4.90. The number of carbonyl (C=O) groups excluding carboxylic acids is 2. The Morgan fingerprint density at radius 2 is 1.48 bits per heavy atom. The molecule has 2 N–H and O–H groups in total. The molecule has 0 saturated carbocycles. The van der Waals surface area contributed by atoms with E-state index in [1.165, 1.54) is 4.90 Å². The van der Waals surface area contributed by atoms with Crippen molar-refractivity contribution in [2.45, 2.75) is 13.0 Å². The number of rotatable bonds is 7. The average molecular weight is 338 g/mol. The number of imide groups is 1. The van der Waals surface area contributed by atoms with Crippen molar-refractivity contribution in [3.63, 3.8) is 0 Å². The molecule has 128 valence electrons. The Morgan fingerprint density at radius 3 is 2.08 bits per heavy atom. The van der Waals surface area contributed by atoms with Gasteiger partial charge in [-0.15, -0.1) is 0 Å². The van der Waals surface area contributed by atoms with Gasteiger partial charge in [-0.2, -0.15) is 0 Å². The zero-order chi connectivity index (χ0) is 17.8. The van der Waals surface area contributed by atoms with E-state index in [1.54, 1.807) is 24.3 Å². The molecule has 0 radical (unpaired) electrons. The monoisotopic (exact) mass is 338 g/mol. The maximum absolute atomic E-state index is 12.4. The van der Waals surface area contributed by atoms with Gasteiger partial charge in [0.15, 0.2) is 0 Å². The quantitative estimate of drug-likeness (QED) is 0.751. The summed E-state index contributed by atoms with van der Waals surface area (Å²) in [5, 5.41) is 11.6. The van der Waals surface area contributed by atoms with Gasteiger partial charge < -0.3 is 10.4 Å². The van der Waals surface area contributed by atoms with Gasteiger partial charge in [0.1, 0.15) is 0 Å². The van der Waals surface area contributed by atoms with Crippen LogP contribution in [0.4, 0.5) is 0 Å². The standard InChI is InChI=1S/C19H18N2O4/c22-17(23)12-20-11-14-6-2-1-5-13(14)9-10-21-18(24)15-7-3-4-8-16(15)19(21)25/h1-8,20H,9-12H2,(H,22,23). The largest absolute Gasteiger partial charge is 0.480 e. The molecule has 0 bridgehead atoms. The summed E-state index contributed by atoms with van der Waals surface area (Å²) < 4.78 is 0. The van der Waals surface area contributed by atoms with Crippen LogP contribution in [0.1, 0.15) is 31.8 Å². The third-order valence-electron chi connectivity index (χ3n) is 4.19. The van der Waals surface area contributed by atoms with Gasteiger partial charge in [-0.05, 0) is 29.7 Å². The maximum Gasteiger partial charge on any atom is 0.317 e. The maximum atomic E-state index is 12.4. The van der Waals surface area contributed by atoms with Crippen LogP contribution in [0.5, 0.6) is 0 Å². The second kappa shape index (κ2) is 7.27. The van der Waals surface area contributed by atoms with Crippen molar-refractivity contribution in [1.82, 2.24) is 10.2 Å². The number of aliphatic carboxylic acids is 1. The van der Waals surface area contributed by atoms with E-state index >= 15 is 0 Å². The Bertz CT molecular complexity index is 797. The first kappa shape index (κ1) is 16.9. The van der Waals surface area contributed by atoms with Crippen molar-refractivity contribution < 1.29 is 19.5 Å². The number of nitrogens with zero attached hydrogens (tertiary/aromatic N) is 1. The summed E-state index contributed by atoms with van der Waals surface area (Å²) in [5.41, 5.74) is 2.84.